The number of hydrogen-bond acceptors (Lipinski definition) is 4. The molecule has 4 N–H and O–H groups in total. The maximum atomic E-state index is 11.9. The van der Waals surface area contributed by atoms with Crippen LogP contribution in [0.4, 0.5) is 0 Å². The Labute approximate surface area is 103 Å². The lowest BCUT2D eigenvalue weighted by Crippen LogP contribution is -2.47. The zero-order valence-corrected chi connectivity index (χ0v) is 10.4. The molecule has 18 heavy (non-hydrogen) atoms. The molecule has 100 valence electrons. The highest BCUT2D eigenvalue weighted by atomic mass is 16.3. The van der Waals surface area contributed by atoms with Gasteiger partial charge in [-0.25, -0.2) is 4.79 Å². The van der Waals surface area contributed by atoms with Crippen LogP contribution in [0.15, 0.2) is 15.8 Å². The lowest BCUT2D eigenvalue weighted by atomic mass is 9.94. The van der Waals surface area contributed by atoms with E-state index in [0.29, 0.717) is 12.8 Å². The molecule has 1 aromatic heterocycles. The Morgan fingerprint density at radius 3 is 2.67 bits per heavy atom. The number of carbonyl (C=O) groups is 1. The second kappa shape index (κ2) is 5.63. The van der Waals surface area contributed by atoms with Gasteiger partial charge in [0.05, 0.1) is 0 Å². The van der Waals surface area contributed by atoms with Crippen molar-refractivity contribution in [2.45, 2.75) is 32.2 Å². The molecule has 1 heterocycles. The van der Waals surface area contributed by atoms with E-state index in [9.17, 15) is 14.4 Å². The number of hydrogen-bond donors (Lipinski definition) is 4. The maximum Gasteiger partial charge on any atom is 0.325 e. The number of nitrogens with one attached hydrogen (secondary N) is 3. The predicted molar refractivity (Wildman–Crippen MR) is 65.5 cm³/mol. The molecule has 0 saturated carbocycles. The fourth-order valence-electron chi connectivity index (χ4n) is 1.49. The third-order valence-electron chi connectivity index (χ3n) is 2.92. The second-order valence-corrected chi connectivity index (χ2v) is 4.33. The highest BCUT2D eigenvalue weighted by Gasteiger charge is 2.25. The molecule has 1 atom stereocenters. The zero-order valence-electron chi connectivity index (χ0n) is 10.4. The average Bonchev–Trinajstić information content (AvgIpc) is 2.28. The average molecular weight is 255 g/mol. The van der Waals surface area contributed by atoms with Gasteiger partial charge < -0.3 is 15.4 Å². The SMILES string of the molecule is CCC(C)(CCO)NC(=O)c1c[nH]c(=O)[nH]c1=O. The number of H-pyrrole nitrogens is 2. The second-order valence-electron chi connectivity index (χ2n) is 4.33. The first kappa shape index (κ1) is 14.2. The number of aliphatic hydroxyl groups excluding tert-OH is 1. The summed E-state index contributed by atoms with van der Waals surface area (Å²) in [6, 6.07) is 0. The van der Waals surface area contributed by atoms with Gasteiger partial charge in [0.25, 0.3) is 11.5 Å². The summed E-state index contributed by atoms with van der Waals surface area (Å²) < 4.78 is 0. The normalized spacial score (nSPS) is 13.9. The molecule has 7 nitrogen and oxygen atoms in total. The van der Waals surface area contributed by atoms with Crippen LogP contribution in [0.5, 0.6) is 0 Å². The number of amides is 1. The molecule has 1 aromatic rings. The van der Waals surface area contributed by atoms with Crippen molar-refractivity contribution in [2.24, 2.45) is 0 Å². The largest absolute Gasteiger partial charge is 0.396 e. The molecule has 0 bridgehead atoms. The molecule has 0 radical (unpaired) electrons. The summed E-state index contributed by atoms with van der Waals surface area (Å²) in [4.78, 5) is 38.4. The van der Waals surface area contributed by atoms with E-state index in [-0.39, 0.29) is 12.2 Å². The van der Waals surface area contributed by atoms with Crippen molar-refractivity contribution >= 4 is 5.91 Å². The van der Waals surface area contributed by atoms with E-state index in [0.717, 1.165) is 6.20 Å². The van der Waals surface area contributed by atoms with Crippen LogP contribution >= 0.6 is 0 Å². The number of aliphatic hydroxyl groups is 1. The molecule has 0 aliphatic carbocycles. The topological polar surface area (TPSA) is 115 Å². The predicted octanol–water partition coefficient (Wildman–Crippen LogP) is -0.656. The van der Waals surface area contributed by atoms with E-state index in [1.807, 2.05) is 11.9 Å². The standard InChI is InChI=1S/C11H17N3O4/c1-3-11(2,4-5-15)14-9(17)7-6-12-10(18)13-8(7)16/h6,15H,3-5H2,1-2H3,(H,14,17)(H2,12,13,16,18). The van der Waals surface area contributed by atoms with Crippen LogP contribution in [0.1, 0.15) is 37.0 Å². The fraction of sp³-hybridized carbons (Fsp3) is 0.545. The van der Waals surface area contributed by atoms with E-state index in [1.165, 1.54) is 0 Å². The zero-order chi connectivity index (χ0) is 13.8. The molecule has 0 aromatic carbocycles. The highest BCUT2D eigenvalue weighted by Crippen LogP contribution is 2.14. The van der Waals surface area contributed by atoms with Gasteiger partial charge in [-0.3, -0.25) is 14.6 Å². The van der Waals surface area contributed by atoms with Crippen LogP contribution in [-0.4, -0.2) is 33.1 Å². The molecule has 0 aliphatic rings. The van der Waals surface area contributed by atoms with E-state index in [1.54, 1.807) is 6.92 Å². The van der Waals surface area contributed by atoms with Crippen LogP contribution in [0, 0.1) is 0 Å². The molecular formula is C11H17N3O4. The molecule has 7 heteroatoms. The molecule has 1 amide bonds. The summed E-state index contributed by atoms with van der Waals surface area (Å²) in [5.41, 5.74) is -2.15. The lowest BCUT2D eigenvalue weighted by molar-refractivity contribution is 0.0884. The van der Waals surface area contributed by atoms with E-state index >= 15 is 0 Å². The van der Waals surface area contributed by atoms with Crippen molar-refractivity contribution in [1.82, 2.24) is 15.3 Å². The Morgan fingerprint density at radius 2 is 2.17 bits per heavy atom. The third kappa shape index (κ3) is 3.30. The fourth-order valence-corrected chi connectivity index (χ4v) is 1.49. The highest BCUT2D eigenvalue weighted by molar-refractivity contribution is 5.93. The molecule has 0 saturated heterocycles. The Hall–Kier alpha value is -1.89. The van der Waals surface area contributed by atoms with E-state index in [2.05, 4.69) is 10.3 Å². The summed E-state index contributed by atoms with van der Waals surface area (Å²) >= 11 is 0. The third-order valence-corrected chi connectivity index (χ3v) is 2.92. The number of aromatic amines is 2. The smallest absolute Gasteiger partial charge is 0.325 e. The number of rotatable bonds is 5. The quantitative estimate of drug-likeness (QED) is 0.559. The van der Waals surface area contributed by atoms with E-state index < -0.39 is 22.7 Å². The minimum atomic E-state index is -0.737. The summed E-state index contributed by atoms with van der Waals surface area (Å²) in [5, 5.41) is 11.6. The summed E-state index contributed by atoms with van der Waals surface area (Å²) in [7, 11) is 0. The molecule has 0 fully saturated rings. The first-order chi connectivity index (χ1) is 8.41. The van der Waals surface area contributed by atoms with Gasteiger partial charge in [-0.1, -0.05) is 6.92 Å². The van der Waals surface area contributed by atoms with Crippen molar-refractivity contribution in [2.75, 3.05) is 6.61 Å². The van der Waals surface area contributed by atoms with Crippen molar-refractivity contribution in [1.29, 1.82) is 0 Å². The van der Waals surface area contributed by atoms with Gasteiger partial charge in [0.15, 0.2) is 0 Å². The van der Waals surface area contributed by atoms with Crippen LogP contribution in [0.2, 0.25) is 0 Å². The van der Waals surface area contributed by atoms with Gasteiger partial charge in [0, 0.05) is 18.3 Å². The Morgan fingerprint density at radius 1 is 1.50 bits per heavy atom. The summed E-state index contributed by atoms with van der Waals surface area (Å²) in [5.74, 6) is -0.578. The minimum Gasteiger partial charge on any atom is -0.396 e. The van der Waals surface area contributed by atoms with Crippen LogP contribution in [-0.2, 0) is 0 Å². The first-order valence-corrected chi connectivity index (χ1v) is 5.67. The van der Waals surface area contributed by atoms with Crippen LogP contribution in [0.25, 0.3) is 0 Å². The Bertz CT molecular complexity index is 534. The van der Waals surface area contributed by atoms with Gasteiger partial charge in [-0.15, -0.1) is 0 Å². The van der Waals surface area contributed by atoms with Gasteiger partial charge in [-0.2, -0.15) is 0 Å². The van der Waals surface area contributed by atoms with Crippen LogP contribution < -0.4 is 16.6 Å². The Kier molecular flexibility index (Phi) is 4.43. The van der Waals surface area contributed by atoms with Gasteiger partial charge in [0.1, 0.15) is 5.56 Å². The summed E-state index contributed by atoms with van der Waals surface area (Å²) in [6.45, 7) is 3.58. The van der Waals surface area contributed by atoms with Gasteiger partial charge in [0.2, 0.25) is 0 Å². The van der Waals surface area contributed by atoms with Crippen LogP contribution in [0.3, 0.4) is 0 Å². The summed E-state index contributed by atoms with van der Waals surface area (Å²) in [6.07, 6.45) is 2.07. The molecular weight excluding hydrogens is 238 g/mol. The van der Waals surface area contributed by atoms with Crippen molar-refractivity contribution in [3.8, 4) is 0 Å². The van der Waals surface area contributed by atoms with Gasteiger partial charge >= 0.3 is 5.69 Å². The monoisotopic (exact) mass is 255 g/mol. The van der Waals surface area contributed by atoms with Crippen molar-refractivity contribution in [3.63, 3.8) is 0 Å². The number of carbonyl (C=O) groups excluding carboxylic acids is 1. The number of aromatic nitrogens is 2. The molecule has 0 spiro atoms. The van der Waals surface area contributed by atoms with Gasteiger partial charge in [-0.05, 0) is 19.8 Å². The van der Waals surface area contributed by atoms with E-state index in [4.69, 9.17) is 5.11 Å². The van der Waals surface area contributed by atoms with Crippen molar-refractivity contribution in [3.05, 3.63) is 32.6 Å². The minimum absolute atomic E-state index is 0.0629. The lowest BCUT2D eigenvalue weighted by Gasteiger charge is -2.28. The molecule has 1 rings (SSSR count). The van der Waals surface area contributed by atoms with Crippen molar-refractivity contribution < 1.29 is 9.90 Å². The maximum absolute atomic E-state index is 11.9. The molecule has 0 aliphatic heterocycles. The Balaban J connectivity index is 2.94. The molecule has 1 unspecified atom stereocenters. The first-order valence-electron chi connectivity index (χ1n) is 5.67.